The molecule has 1 amide bonds. The first-order chi connectivity index (χ1) is 9.01. The van der Waals surface area contributed by atoms with Crippen molar-refractivity contribution in [1.82, 2.24) is 10.6 Å². The molecule has 0 spiro atoms. The molecule has 4 N–H and O–H groups in total. The SMILES string of the molecule is O=C(O)COCC(=S)NC(CCS)C(=O)NCCO. The molecule has 0 aliphatic heterocycles. The standard InChI is InChI=1S/C10H18N2O5S2/c13-3-2-11-10(16)7(1-4-18)12-8(19)5-17-6-9(14)15/h7,13,18H,1-6H2,(H,11,16)(H,12,19)(H,14,15). The molecule has 0 heterocycles. The number of carboxylic acids is 1. The summed E-state index contributed by atoms with van der Waals surface area (Å²) in [7, 11) is 0. The molecule has 0 fully saturated rings. The molecule has 0 bridgehead atoms. The van der Waals surface area contributed by atoms with Crippen LogP contribution in [0.5, 0.6) is 0 Å². The number of thiol groups is 1. The van der Waals surface area contributed by atoms with Gasteiger partial charge in [0.05, 0.1) is 13.2 Å². The summed E-state index contributed by atoms with van der Waals surface area (Å²) in [5, 5.41) is 22.3. The van der Waals surface area contributed by atoms with Crippen LogP contribution in [0.4, 0.5) is 0 Å². The monoisotopic (exact) mass is 310 g/mol. The Kier molecular flexibility index (Phi) is 10.5. The molecule has 7 nitrogen and oxygen atoms in total. The largest absolute Gasteiger partial charge is 0.480 e. The van der Waals surface area contributed by atoms with Gasteiger partial charge in [-0.15, -0.1) is 0 Å². The number of amides is 1. The Hall–Kier alpha value is -0.900. The molecule has 1 atom stereocenters. The van der Waals surface area contributed by atoms with E-state index in [2.05, 4.69) is 23.3 Å². The average Bonchev–Trinajstić information content (AvgIpc) is 2.35. The highest BCUT2D eigenvalue weighted by Crippen LogP contribution is 1.96. The molecule has 0 aliphatic carbocycles. The highest BCUT2D eigenvalue weighted by atomic mass is 32.1. The number of carboxylic acid groups (broad SMARTS) is 1. The molecule has 0 saturated carbocycles. The van der Waals surface area contributed by atoms with E-state index in [-0.39, 0.29) is 30.7 Å². The highest BCUT2D eigenvalue weighted by Gasteiger charge is 2.18. The number of hydrogen-bond donors (Lipinski definition) is 5. The van der Waals surface area contributed by atoms with Crippen molar-refractivity contribution in [2.75, 3.05) is 32.1 Å². The number of aliphatic carboxylic acids is 1. The Morgan fingerprint density at radius 3 is 2.58 bits per heavy atom. The first-order valence-corrected chi connectivity index (χ1v) is 6.63. The van der Waals surface area contributed by atoms with E-state index in [0.29, 0.717) is 12.2 Å². The van der Waals surface area contributed by atoms with Crippen molar-refractivity contribution in [1.29, 1.82) is 0 Å². The lowest BCUT2D eigenvalue weighted by atomic mass is 10.2. The minimum Gasteiger partial charge on any atom is -0.480 e. The van der Waals surface area contributed by atoms with Crippen LogP contribution in [-0.4, -0.2) is 65.2 Å². The third-order valence-corrected chi connectivity index (χ3v) is 2.43. The van der Waals surface area contributed by atoms with Crippen LogP contribution >= 0.6 is 24.8 Å². The molecule has 0 saturated heterocycles. The number of carbonyl (C=O) groups excluding carboxylic acids is 1. The van der Waals surface area contributed by atoms with Gasteiger partial charge in [0.25, 0.3) is 0 Å². The van der Waals surface area contributed by atoms with E-state index < -0.39 is 18.6 Å². The number of nitrogens with one attached hydrogen (secondary N) is 2. The molecular formula is C10H18N2O5S2. The predicted octanol–water partition coefficient (Wildman–Crippen LogP) is -1.20. The molecule has 0 aliphatic rings. The molecule has 0 aromatic heterocycles. The number of hydrogen-bond acceptors (Lipinski definition) is 6. The molecule has 0 radical (unpaired) electrons. The number of ether oxygens (including phenoxy) is 1. The summed E-state index contributed by atoms with van der Waals surface area (Å²) >= 11 is 8.99. The highest BCUT2D eigenvalue weighted by molar-refractivity contribution is 7.80. The zero-order chi connectivity index (χ0) is 14.7. The molecule has 1 unspecified atom stereocenters. The lowest BCUT2D eigenvalue weighted by Gasteiger charge is -2.18. The minimum absolute atomic E-state index is 0.0714. The Morgan fingerprint density at radius 2 is 2.05 bits per heavy atom. The second-order valence-electron chi connectivity index (χ2n) is 3.53. The molecule has 0 aromatic carbocycles. The van der Waals surface area contributed by atoms with Gasteiger partial charge in [-0.1, -0.05) is 12.2 Å². The van der Waals surface area contributed by atoms with Gasteiger partial charge in [-0.25, -0.2) is 4.79 Å². The maximum absolute atomic E-state index is 11.7. The van der Waals surface area contributed by atoms with Crippen LogP contribution in [-0.2, 0) is 14.3 Å². The third-order valence-electron chi connectivity index (χ3n) is 1.94. The van der Waals surface area contributed by atoms with Crippen molar-refractivity contribution >= 4 is 41.7 Å². The van der Waals surface area contributed by atoms with E-state index in [9.17, 15) is 9.59 Å². The minimum atomic E-state index is -1.09. The summed E-state index contributed by atoms with van der Waals surface area (Å²) in [6, 6.07) is -0.579. The van der Waals surface area contributed by atoms with Gasteiger partial charge in [0.2, 0.25) is 5.91 Å². The predicted molar refractivity (Wildman–Crippen MR) is 76.5 cm³/mol. The van der Waals surface area contributed by atoms with E-state index in [4.69, 9.17) is 27.2 Å². The molecule has 110 valence electrons. The van der Waals surface area contributed by atoms with Gasteiger partial charge >= 0.3 is 5.97 Å². The summed E-state index contributed by atoms with van der Waals surface area (Å²) in [4.78, 5) is 22.2. The van der Waals surface area contributed by atoms with Crippen LogP contribution in [0.1, 0.15) is 6.42 Å². The van der Waals surface area contributed by atoms with Crippen LogP contribution in [0.25, 0.3) is 0 Å². The fourth-order valence-corrected chi connectivity index (χ4v) is 1.65. The maximum Gasteiger partial charge on any atom is 0.329 e. The van der Waals surface area contributed by atoms with E-state index >= 15 is 0 Å². The topological polar surface area (TPSA) is 108 Å². The Bertz CT molecular complexity index is 314. The number of aliphatic hydroxyl groups excluding tert-OH is 1. The molecule has 9 heteroatoms. The average molecular weight is 310 g/mol. The summed E-state index contributed by atoms with van der Waals surface area (Å²) in [6.07, 6.45) is 0.444. The normalized spacial score (nSPS) is 11.7. The van der Waals surface area contributed by atoms with Crippen LogP contribution in [0, 0.1) is 0 Å². The smallest absolute Gasteiger partial charge is 0.329 e. The molecule has 0 aromatic rings. The first kappa shape index (κ1) is 18.1. The quantitative estimate of drug-likeness (QED) is 0.255. The van der Waals surface area contributed by atoms with Gasteiger partial charge in [-0.05, 0) is 12.2 Å². The Labute approximate surface area is 122 Å². The zero-order valence-electron chi connectivity index (χ0n) is 10.3. The van der Waals surface area contributed by atoms with E-state index in [1.807, 2.05) is 0 Å². The van der Waals surface area contributed by atoms with Gasteiger partial charge in [-0.3, -0.25) is 4.79 Å². The lowest BCUT2D eigenvalue weighted by molar-refractivity contribution is -0.141. The maximum atomic E-state index is 11.7. The number of carbonyl (C=O) groups is 2. The van der Waals surface area contributed by atoms with Gasteiger partial charge in [0.1, 0.15) is 17.6 Å². The Balaban J connectivity index is 4.13. The van der Waals surface area contributed by atoms with Crippen LogP contribution in [0.15, 0.2) is 0 Å². The summed E-state index contributed by atoms with van der Waals surface area (Å²) in [6.45, 7) is -0.509. The second-order valence-corrected chi connectivity index (χ2v) is 4.47. The van der Waals surface area contributed by atoms with Crippen LogP contribution < -0.4 is 10.6 Å². The fourth-order valence-electron chi connectivity index (χ4n) is 1.17. The van der Waals surface area contributed by atoms with Crippen molar-refractivity contribution in [2.24, 2.45) is 0 Å². The van der Waals surface area contributed by atoms with Crippen LogP contribution in [0.2, 0.25) is 0 Å². The van der Waals surface area contributed by atoms with Crippen LogP contribution in [0.3, 0.4) is 0 Å². The van der Waals surface area contributed by atoms with Gasteiger partial charge in [0, 0.05) is 6.54 Å². The van der Waals surface area contributed by atoms with E-state index in [1.165, 1.54) is 0 Å². The van der Waals surface area contributed by atoms with Crippen molar-refractivity contribution in [3.8, 4) is 0 Å². The second kappa shape index (κ2) is 11.0. The number of aliphatic hydroxyl groups is 1. The fraction of sp³-hybridized carbons (Fsp3) is 0.700. The summed E-state index contributed by atoms with van der Waals surface area (Å²) < 4.78 is 4.80. The van der Waals surface area contributed by atoms with Gasteiger partial charge in [-0.2, -0.15) is 12.6 Å². The van der Waals surface area contributed by atoms with Crippen molar-refractivity contribution in [3.05, 3.63) is 0 Å². The van der Waals surface area contributed by atoms with E-state index in [1.54, 1.807) is 0 Å². The van der Waals surface area contributed by atoms with Crippen molar-refractivity contribution in [2.45, 2.75) is 12.5 Å². The first-order valence-electron chi connectivity index (χ1n) is 5.59. The Morgan fingerprint density at radius 1 is 1.37 bits per heavy atom. The third kappa shape index (κ3) is 9.65. The van der Waals surface area contributed by atoms with Crippen molar-refractivity contribution < 1.29 is 24.5 Å². The van der Waals surface area contributed by atoms with Gasteiger partial charge < -0.3 is 25.6 Å². The van der Waals surface area contributed by atoms with Gasteiger partial charge in [0.15, 0.2) is 0 Å². The molecular weight excluding hydrogens is 292 g/mol. The summed E-state index contributed by atoms with van der Waals surface area (Å²) in [5.41, 5.74) is 0. The number of thiocarbonyl (C=S) groups is 1. The van der Waals surface area contributed by atoms with E-state index in [0.717, 1.165) is 0 Å². The zero-order valence-corrected chi connectivity index (χ0v) is 12.0. The molecule has 0 rings (SSSR count). The number of rotatable bonds is 10. The summed E-state index contributed by atoms with van der Waals surface area (Å²) in [5.74, 6) is -0.915. The lowest BCUT2D eigenvalue weighted by Crippen LogP contribution is -2.48. The molecule has 19 heavy (non-hydrogen) atoms. The van der Waals surface area contributed by atoms with Crippen molar-refractivity contribution in [3.63, 3.8) is 0 Å².